The van der Waals surface area contributed by atoms with Gasteiger partial charge < -0.3 is 14.2 Å². The molecule has 0 saturated heterocycles. The Hall–Kier alpha value is -1.59. The van der Waals surface area contributed by atoms with Crippen LogP contribution in [0.2, 0.25) is 0 Å². The van der Waals surface area contributed by atoms with Crippen LogP contribution in [0.5, 0.6) is 0 Å². The maximum absolute atomic E-state index is 12.8. The molecular formula is C57H110O6. The first kappa shape index (κ1) is 61.4. The van der Waals surface area contributed by atoms with E-state index < -0.39 is 6.10 Å². The zero-order valence-corrected chi connectivity index (χ0v) is 43.4. The van der Waals surface area contributed by atoms with E-state index in [1.165, 1.54) is 193 Å². The van der Waals surface area contributed by atoms with Gasteiger partial charge in [-0.05, 0) is 37.0 Å². The average Bonchev–Trinajstić information content (AvgIpc) is 3.25. The Labute approximate surface area is 393 Å². The minimum atomic E-state index is -0.764. The molecule has 0 rings (SSSR count). The van der Waals surface area contributed by atoms with Crippen molar-refractivity contribution in [3.05, 3.63) is 0 Å². The second kappa shape index (κ2) is 48.3. The molecule has 6 heteroatoms. The third kappa shape index (κ3) is 49.7. The molecule has 0 aromatic rings. The normalized spacial score (nSPS) is 12.6. The van der Waals surface area contributed by atoms with E-state index in [0.717, 1.165) is 75.5 Å². The second-order valence-electron chi connectivity index (χ2n) is 20.8. The van der Waals surface area contributed by atoms with E-state index in [-0.39, 0.29) is 31.1 Å². The van der Waals surface area contributed by atoms with Crippen molar-refractivity contribution in [1.82, 2.24) is 0 Å². The van der Waals surface area contributed by atoms with Crippen LogP contribution >= 0.6 is 0 Å². The largest absolute Gasteiger partial charge is 0.462 e. The molecule has 1 unspecified atom stereocenters. The van der Waals surface area contributed by atoms with E-state index in [1.807, 2.05) is 0 Å². The number of esters is 3. The molecule has 0 aliphatic carbocycles. The Morgan fingerprint density at radius 2 is 0.556 bits per heavy atom. The predicted octanol–water partition coefficient (Wildman–Crippen LogP) is 18.3. The molecule has 0 N–H and O–H groups in total. The summed E-state index contributed by atoms with van der Waals surface area (Å²) in [6.07, 6.45) is 49.5. The molecule has 0 heterocycles. The van der Waals surface area contributed by atoms with Crippen molar-refractivity contribution in [3.8, 4) is 0 Å². The lowest BCUT2D eigenvalue weighted by atomic mass is 10.00. The molecule has 0 amide bonds. The second-order valence-corrected chi connectivity index (χ2v) is 20.8. The van der Waals surface area contributed by atoms with Gasteiger partial charge in [0.1, 0.15) is 13.2 Å². The zero-order chi connectivity index (χ0) is 46.3. The molecule has 0 aliphatic rings. The van der Waals surface area contributed by atoms with Crippen molar-refractivity contribution in [2.75, 3.05) is 13.2 Å². The summed E-state index contributed by atoms with van der Waals surface area (Å²) in [7, 11) is 0. The maximum Gasteiger partial charge on any atom is 0.306 e. The summed E-state index contributed by atoms with van der Waals surface area (Å²) >= 11 is 0. The molecule has 0 saturated carbocycles. The molecule has 0 aromatic carbocycles. The van der Waals surface area contributed by atoms with E-state index in [1.54, 1.807) is 0 Å². The highest BCUT2D eigenvalue weighted by atomic mass is 16.6. The van der Waals surface area contributed by atoms with Crippen molar-refractivity contribution in [2.24, 2.45) is 17.8 Å². The fourth-order valence-electron chi connectivity index (χ4n) is 8.61. The molecule has 0 radical (unpaired) electrons. The van der Waals surface area contributed by atoms with Gasteiger partial charge in [0, 0.05) is 19.3 Å². The molecule has 2 atom stereocenters. The van der Waals surface area contributed by atoms with Gasteiger partial charge in [0.05, 0.1) is 0 Å². The summed E-state index contributed by atoms with van der Waals surface area (Å²) in [6.45, 7) is 13.7. The number of rotatable bonds is 50. The van der Waals surface area contributed by atoms with Crippen LogP contribution in [0.1, 0.15) is 311 Å². The minimum Gasteiger partial charge on any atom is -0.462 e. The number of carbonyl (C=O) groups excluding carboxylic acids is 3. The standard InChI is InChI=1S/C57H110O6/c1-7-53(6)45-39-33-29-30-35-41-47-56(59)62-50-54(63-57(60)48-42-36-28-24-20-16-12-14-18-22-26-32-38-44-52(4)5)49-61-55(58)46-40-34-27-23-19-15-11-9-8-10-13-17-21-25-31-37-43-51(2)3/h51-54H,7-50H2,1-6H3/t53?,54-/m0/s1. The number of unbranched alkanes of at least 4 members (excludes halogenated alkanes) is 32. The molecule has 63 heavy (non-hydrogen) atoms. The van der Waals surface area contributed by atoms with Gasteiger partial charge in [-0.2, -0.15) is 0 Å². The van der Waals surface area contributed by atoms with Crippen LogP contribution in [0.25, 0.3) is 0 Å². The lowest BCUT2D eigenvalue weighted by molar-refractivity contribution is -0.167. The van der Waals surface area contributed by atoms with E-state index in [0.29, 0.717) is 19.3 Å². The van der Waals surface area contributed by atoms with Gasteiger partial charge in [-0.25, -0.2) is 0 Å². The summed E-state index contributed by atoms with van der Waals surface area (Å²) in [5.41, 5.74) is 0. The average molecular weight is 892 g/mol. The van der Waals surface area contributed by atoms with Gasteiger partial charge in [-0.1, -0.05) is 273 Å². The summed E-state index contributed by atoms with van der Waals surface area (Å²) in [5.74, 6) is 1.66. The minimum absolute atomic E-state index is 0.0644. The smallest absolute Gasteiger partial charge is 0.306 e. The number of carbonyl (C=O) groups is 3. The Bertz CT molecular complexity index is 978. The zero-order valence-electron chi connectivity index (χ0n) is 43.4. The van der Waals surface area contributed by atoms with Crippen molar-refractivity contribution >= 4 is 17.9 Å². The molecule has 0 bridgehead atoms. The van der Waals surface area contributed by atoms with Crippen LogP contribution in [0.15, 0.2) is 0 Å². The lowest BCUT2D eigenvalue weighted by Gasteiger charge is -2.18. The highest BCUT2D eigenvalue weighted by molar-refractivity contribution is 5.71. The van der Waals surface area contributed by atoms with Crippen LogP contribution in [0.3, 0.4) is 0 Å². The van der Waals surface area contributed by atoms with Crippen molar-refractivity contribution in [1.29, 1.82) is 0 Å². The topological polar surface area (TPSA) is 78.9 Å². The highest BCUT2D eigenvalue weighted by Gasteiger charge is 2.19. The molecule has 0 aromatic heterocycles. The summed E-state index contributed by atoms with van der Waals surface area (Å²) in [5, 5.41) is 0. The van der Waals surface area contributed by atoms with Crippen LogP contribution in [0.4, 0.5) is 0 Å². The van der Waals surface area contributed by atoms with Gasteiger partial charge in [-0.15, -0.1) is 0 Å². The summed E-state index contributed by atoms with van der Waals surface area (Å²) < 4.78 is 16.9. The van der Waals surface area contributed by atoms with Crippen LogP contribution < -0.4 is 0 Å². The molecule has 0 fully saturated rings. The van der Waals surface area contributed by atoms with E-state index in [9.17, 15) is 14.4 Å². The van der Waals surface area contributed by atoms with Crippen LogP contribution in [-0.2, 0) is 28.6 Å². The van der Waals surface area contributed by atoms with Gasteiger partial charge in [-0.3, -0.25) is 14.4 Å². The number of ether oxygens (including phenoxy) is 3. The van der Waals surface area contributed by atoms with E-state index in [4.69, 9.17) is 14.2 Å². The first-order chi connectivity index (χ1) is 30.6. The summed E-state index contributed by atoms with van der Waals surface area (Å²) in [6, 6.07) is 0. The third-order valence-electron chi connectivity index (χ3n) is 13.3. The Morgan fingerprint density at radius 3 is 0.825 bits per heavy atom. The van der Waals surface area contributed by atoms with Gasteiger partial charge in [0.15, 0.2) is 6.10 Å². The molecule has 0 aliphatic heterocycles. The molecule has 0 spiro atoms. The Kier molecular flexibility index (Phi) is 47.1. The highest BCUT2D eigenvalue weighted by Crippen LogP contribution is 2.18. The van der Waals surface area contributed by atoms with Gasteiger partial charge in [0.25, 0.3) is 0 Å². The fraction of sp³-hybridized carbons (Fsp3) is 0.947. The van der Waals surface area contributed by atoms with Crippen LogP contribution in [0, 0.1) is 17.8 Å². The lowest BCUT2D eigenvalue weighted by Crippen LogP contribution is -2.30. The van der Waals surface area contributed by atoms with Gasteiger partial charge >= 0.3 is 17.9 Å². The summed E-state index contributed by atoms with van der Waals surface area (Å²) in [4.78, 5) is 38.0. The first-order valence-electron chi connectivity index (χ1n) is 28.1. The molecule has 374 valence electrons. The molecular weight excluding hydrogens is 781 g/mol. The quantitative estimate of drug-likeness (QED) is 0.0344. The van der Waals surface area contributed by atoms with E-state index in [2.05, 4.69) is 41.5 Å². The van der Waals surface area contributed by atoms with Gasteiger partial charge in [0.2, 0.25) is 0 Å². The third-order valence-corrected chi connectivity index (χ3v) is 13.3. The number of hydrogen-bond acceptors (Lipinski definition) is 6. The van der Waals surface area contributed by atoms with Crippen LogP contribution in [-0.4, -0.2) is 37.2 Å². The SMILES string of the molecule is CCC(C)CCCCCCCCC(=O)OC[C@H](COC(=O)CCCCCCCCCCCCCCCCCCC(C)C)OC(=O)CCCCCCCCCCCCCCCC(C)C. The molecule has 6 nitrogen and oxygen atoms in total. The van der Waals surface area contributed by atoms with Crippen molar-refractivity contribution < 1.29 is 28.6 Å². The van der Waals surface area contributed by atoms with Crippen molar-refractivity contribution in [2.45, 2.75) is 317 Å². The maximum atomic E-state index is 12.8. The monoisotopic (exact) mass is 891 g/mol. The first-order valence-corrected chi connectivity index (χ1v) is 28.1. The number of hydrogen-bond donors (Lipinski definition) is 0. The van der Waals surface area contributed by atoms with E-state index >= 15 is 0 Å². The Morgan fingerprint density at radius 1 is 0.317 bits per heavy atom. The van der Waals surface area contributed by atoms with Crippen molar-refractivity contribution in [3.63, 3.8) is 0 Å². The fourth-order valence-corrected chi connectivity index (χ4v) is 8.61. The predicted molar refractivity (Wildman–Crippen MR) is 270 cm³/mol. The Balaban J connectivity index is 4.25.